The van der Waals surface area contributed by atoms with Gasteiger partial charge in [0.25, 0.3) is 0 Å². The van der Waals surface area contributed by atoms with Crippen molar-refractivity contribution >= 4 is 22.2 Å². The molecule has 14 heavy (non-hydrogen) atoms. The van der Waals surface area contributed by atoms with E-state index in [4.69, 9.17) is 5.73 Å². The van der Waals surface area contributed by atoms with Crippen molar-refractivity contribution in [2.45, 2.75) is 20.8 Å². The molecule has 0 aliphatic rings. The fourth-order valence-corrected chi connectivity index (χ4v) is 1.81. The van der Waals surface area contributed by atoms with Crippen LogP contribution in [0.5, 0.6) is 0 Å². The van der Waals surface area contributed by atoms with E-state index in [1.807, 2.05) is 13.8 Å². The summed E-state index contributed by atoms with van der Waals surface area (Å²) in [5, 5.41) is 4.60. The lowest BCUT2D eigenvalue weighted by molar-refractivity contribution is -0.119. The molecule has 0 aliphatic carbocycles. The first-order valence-electron chi connectivity index (χ1n) is 4.49. The Morgan fingerprint density at radius 2 is 2.29 bits per heavy atom. The predicted octanol–water partition coefficient (Wildman–Crippen LogP) is 1.29. The quantitative estimate of drug-likeness (QED) is 0.795. The molecule has 1 amide bonds. The van der Waals surface area contributed by atoms with E-state index in [-0.39, 0.29) is 11.8 Å². The van der Waals surface area contributed by atoms with Crippen molar-refractivity contribution in [2.75, 3.05) is 11.9 Å². The summed E-state index contributed by atoms with van der Waals surface area (Å²) in [6.45, 7) is 5.97. The van der Waals surface area contributed by atoms with Crippen molar-refractivity contribution < 1.29 is 4.79 Å². The van der Waals surface area contributed by atoms with Gasteiger partial charge < -0.3 is 11.1 Å². The predicted molar refractivity (Wildman–Crippen MR) is 58.4 cm³/mol. The summed E-state index contributed by atoms with van der Waals surface area (Å²) in [7, 11) is 0. The summed E-state index contributed by atoms with van der Waals surface area (Å²) < 4.78 is 0. The Labute approximate surface area is 87.5 Å². The van der Waals surface area contributed by atoms with Gasteiger partial charge in [0.05, 0.1) is 10.7 Å². The first-order valence-corrected chi connectivity index (χ1v) is 5.31. The Kier molecular flexibility index (Phi) is 3.60. The van der Waals surface area contributed by atoms with E-state index in [0.29, 0.717) is 6.54 Å². The van der Waals surface area contributed by atoms with Crippen LogP contribution in [0.4, 0.5) is 5.00 Å². The van der Waals surface area contributed by atoms with E-state index in [2.05, 4.69) is 10.3 Å². The van der Waals surface area contributed by atoms with Gasteiger partial charge in [-0.05, 0) is 13.8 Å². The maximum Gasteiger partial charge on any atom is 0.229 e. The molecule has 1 aromatic rings. The van der Waals surface area contributed by atoms with Crippen molar-refractivity contribution in [2.24, 2.45) is 11.7 Å². The lowest BCUT2D eigenvalue weighted by Gasteiger charge is -2.07. The maximum absolute atomic E-state index is 11.5. The number of aromatic nitrogens is 1. The van der Waals surface area contributed by atoms with Gasteiger partial charge >= 0.3 is 0 Å². The van der Waals surface area contributed by atoms with Gasteiger partial charge in [-0.3, -0.25) is 4.79 Å². The van der Waals surface area contributed by atoms with E-state index in [1.54, 1.807) is 6.92 Å². The Morgan fingerprint density at radius 3 is 2.71 bits per heavy atom. The average molecular weight is 213 g/mol. The van der Waals surface area contributed by atoms with Crippen LogP contribution < -0.4 is 11.1 Å². The number of carbonyl (C=O) groups is 1. The van der Waals surface area contributed by atoms with Gasteiger partial charge in [-0.1, -0.05) is 6.92 Å². The molecular weight excluding hydrogens is 198 g/mol. The Hall–Kier alpha value is -0.940. The minimum atomic E-state index is -0.156. The topological polar surface area (TPSA) is 68.0 Å². The fraction of sp³-hybridized carbons (Fsp3) is 0.556. The highest BCUT2D eigenvalue weighted by Crippen LogP contribution is 2.23. The normalized spacial score (nSPS) is 12.6. The monoisotopic (exact) mass is 213 g/mol. The van der Waals surface area contributed by atoms with Crippen LogP contribution in [0, 0.1) is 19.8 Å². The Bertz CT molecular complexity index is 335. The van der Waals surface area contributed by atoms with Gasteiger partial charge in [0.2, 0.25) is 5.91 Å². The highest BCUT2D eigenvalue weighted by atomic mass is 32.1. The SMILES string of the molecule is Cc1nc(C)c(NC(=O)C(C)CN)s1. The number of carbonyl (C=O) groups excluding carboxylic acids is 1. The summed E-state index contributed by atoms with van der Waals surface area (Å²) in [6.07, 6.45) is 0. The molecule has 4 nitrogen and oxygen atoms in total. The molecule has 1 rings (SSSR count). The van der Waals surface area contributed by atoms with Crippen molar-refractivity contribution in [3.63, 3.8) is 0 Å². The molecule has 78 valence electrons. The molecule has 0 aromatic carbocycles. The molecule has 0 saturated carbocycles. The second-order valence-electron chi connectivity index (χ2n) is 3.27. The van der Waals surface area contributed by atoms with Crippen molar-refractivity contribution in [1.29, 1.82) is 0 Å². The molecule has 1 atom stereocenters. The van der Waals surface area contributed by atoms with Crippen LogP contribution in [-0.2, 0) is 4.79 Å². The van der Waals surface area contributed by atoms with E-state index in [1.165, 1.54) is 11.3 Å². The van der Waals surface area contributed by atoms with Gasteiger partial charge in [-0.15, -0.1) is 11.3 Å². The van der Waals surface area contributed by atoms with Crippen LogP contribution in [-0.4, -0.2) is 17.4 Å². The molecule has 0 fully saturated rings. The molecule has 1 unspecified atom stereocenters. The summed E-state index contributed by atoms with van der Waals surface area (Å²) in [6, 6.07) is 0. The van der Waals surface area contributed by atoms with E-state index in [9.17, 15) is 4.79 Å². The number of nitrogens with zero attached hydrogens (tertiary/aromatic N) is 1. The van der Waals surface area contributed by atoms with Gasteiger partial charge in [-0.25, -0.2) is 4.98 Å². The molecular formula is C9H15N3OS. The lowest BCUT2D eigenvalue weighted by atomic mass is 10.2. The number of rotatable bonds is 3. The van der Waals surface area contributed by atoms with Crippen molar-refractivity contribution in [1.82, 2.24) is 4.98 Å². The number of nitrogens with two attached hydrogens (primary N) is 1. The first kappa shape index (κ1) is 11.1. The summed E-state index contributed by atoms with van der Waals surface area (Å²) in [4.78, 5) is 15.7. The number of aryl methyl sites for hydroxylation is 2. The highest BCUT2D eigenvalue weighted by molar-refractivity contribution is 7.16. The lowest BCUT2D eigenvalue weighted by Crippen LogP contribution is -2.26. The highest BCUT2D eigenvalue weighted by Gasteiger charge is 2.13. The minimum absolute atomic E-state index is 0.0424. The van der Waals surface area contributed by atoms with Crippen molar-refractivity contribution in [3.05, 3.63) is 10.7 Å². The van der Waals surface area contributed by atoms with E-state index in [0.717, 1.165) is 15.7 Å². The molecule has 0 radical (unpaired) electrons. The maximum atomic E-state index is 11.5. The van der Waals surface area contributed by atoms with E-state index >= 15 is 0 Å². The van der Waals surface area contributed by atoms with Crippen LogP contribution in [0.25, 0.3) is 0 Å². The van der Waals surface area contributed by atoms with Gasteiger partial charge in [-0.2, -0.15) is 0 Å². The molecule has 0 saturated heterocycles. The number of hydrogen-bond acceptors (Lipinski definition) is 4. The molecule has 3 N–H and O–H groups in total. The number of thiazole rings is 1. The molecule has 0 spiro atoms. The zero-order valence-corrected chi connectivity index (χ0v) is 9.44. The third-order valence-electron chi connectivity index (χ3n) is 1.94. The molecule has 0 aliphatic heterocycles. The van der Waals surface area contributed by atoms with E-state index < -0.39 is 0 Å². The standard InChI is InChI=1S/C9H15N3OS/c1-5(4-10)8(13)12-9-6(2)11-7(3)14-9/h5H,4,10H2,1-3H3,(H,12,13). The molecule has 1 heterocycles. The van der Waals surface area contributed by atoms with Gasteiger partial charge in [0.15, 0.2) is 0 Å². The minimum Gasteiger partial charge on any atom is -0.330 e. The molecule has 5 heteroatoms. The van der Waals surface area contributed by atoms with Gasteiger partial charge in [0.1, 0.15) is 5.00 Å². The third-order valence-corrected chi connectivity index (χ3v) is 2.93. The summed E-state index contributed by atoms with van der Waals surface area (Å²) in [5.41, 5.74) is 6.26. The smallest absolute Gasteiger partial charge is 0.229 e. The fourth-order valence-electron chi connectivity index (χ4n) is 0.989. The van der Waals surface area contributed by atoms with Crippen LogP contribution in [0.3, 0.4) is 0 Å². The number of amides is 1. The molecule has 1 aromatic heterocycles. The molecule has 0 bridgehead atoms. The summed E-state index contributed by atoms with van der Waals surface area (Å²) in [5.74, 6) is -0.198. The number of nitrogens with one attached hydrogen (secondary N) is 1. The summed E-state index contributed by atoms with van der Waals surface area (Å²) >= 11 is 1.49. The Morgan fingerprint density at radius 1 is 1.64 bits per heavy atom. The zero-order valence-electron chi connectivity index (χ0n) is 8.63. The van der Waals surface area contributed by atoms with Gasteiger partial charge in [0, 0.05) is 12.5 Å². The van der Waals surface area contributed by atoms with Crippen LogP contribution in [0.1, 0.15) is 17.6 Å². The number of hydrogen-bond donors (Lipinski definition) is 2. The largest absolute Gasteiger partial charge is 0.330 e. The van der Waals surface area contributed by atoms with Crippen LogP contribution in [0.15, 0.2) is 0 Å². The number of anilines is 1. The van der Waals surface area contributed by atoms with Crippen LogP contribution in [0.2, 0.25) is 0 Å². The first-order chi connectivity index (χ1) is 6.54. The average Bonchev–Trinajstić information content (AvgIpc) is 2.44. The second kappa shape index (κ2) is 4.52. The third kappa shape index (κ3) is 2.52. The van der Waals surface area contributed by atoms with Crippen molar-refractivity contribution in [3.8, 4) is 0 Å². The Balaban J connectivity index is 2.69. The zero-order chi connectivity index (χ0) is 10.7. The van der Waals surface area contributed by atoms with Crippen LogP contribution >= 0.6 is 11.3 Å². The second-order valence-corrected chi connectivity index (χ2v) is 4.48.